The number of nitrogens with one attached hydrogen (secondary N) is 1. The molecule has 1 saturated heterocycles. The van der Waals surface area contributed by atoms with Crippen LogP contribution in [-0.2, 0) is 26.2 Å². The third kappa shape index (κ3) is 6.26. The van der Waals surface area contributed by atoms with Crippen LogP contribution in [0, 0.1) is 0 Å². The summed E-state index contributed by atoms with van der Waals surface area (Å²) in [6, 6.07) is 12.0. The Balaban J connectivity index is 1.80. The number of halogens is 1. The quantitative estimate of drug-likeness (QED) is 0.393. The molecule has 3 atom stereocenters. The minimum absolute atomic E-state index is 0.00930. The van der Waals surface area contributed by atoms with Crippen LogP contribution in [0.3, 0.4) is 0 Å². The lowest BCUT2D eigenvalue weighted by Gasteiger charge is -2.42. The summed E-state index contributed by atoms with van der Waals surface area (Å²) in [6.07, 6.45) is -1.19. The van der Waals surface area contributed by atoms with E-state index >= 15 is 0 Å². The first kappa shape index (κ1) is 26.4. The molecule has 186 valence electrons. The predicted molar refractivity (Wildman–Crippen MR) is 127 cm³/mol. The van der Waals surface area contributed by atoms with Gasteiger partial charge in [-0.25, -0.2) is 13.9 Å². The van der Waals surface area contributed by atoms with Gasteiger partial charge in [0.2, 0.25) is 10.0 Å². The van der Waals surface area contributed by atoms with Gasteiger partial charge in [-0.05, 0) is 62.5 Å². The zero-order valence-corrected chi connectivity index (χ0v) is 20.9. The number of carbonyl (C=O) groups is 1. The van der Waals surface area contributed by atoms with Crippen LogP contribution in [0.2, 0.25) is 5.02 Å². The molecule has 3 rings (SSSR count). The Kier molecular flexibility index (Phi) is 8.91. The summed E-state index contributed by atoms with van der Waals surface area (Å²) >= 11 is 5.99. The molecule has 1 aliphatic heterocycles. The molecule has 2 aromatic rings. The van der Waals surface area contributed by atoms with E-state index in [0.29, 0.717) is 17.3 Å². The van der Waals surface area contributed by atoms with Crippen LogP contribution in [0.15, 0.2) is 53.4 Å². The summed E-state index contributed by atoms with van der Waals surface area (Å²) in [5.41, 5.74) is 2.45. The maximum absolute atomic E-state index is 13.5. The Morgan fingerprint density at radius 1 is 1.29 bits per heavy atom. The topological polar surface area (TPSA) is 108 Å². The van der Waals surface area contributed by atoms with Gasteiger partial charge in [0.05, 0.1) is 17.1 Å². The number of sulfonamides is 1. The number of rotatable bonds is 9. The molecule has 1 fully saturated rings. The summed E-state index contributed by atoms with van der Waals surface area (Å²) in [5.74, 6) is -0.360. The highest BCUT2D eigenvalue weighted by atomic mass is 35.5. The molecule has 1 unspecified atom stereocenters. The zero-order chi connectivity index (χ0) is 24.9. The molecule has 34 heavy (non-hydrogen) atoms. The van der Waals surface area contributed by atoms with E-state index in [1.54, 1.807) is 36.7 Å². The van der Waals surface area contributed by atoms with Crippen LogP contribution >= 0.6 is 11.6 Å². The van der Waals surface area contributed by atoms with Crippen molar-refractivity contribution in [1.29, 1.82) is 0 Å². The van der Waals surface area contributed by atoms with Crippen molar-refractivity contribution in [2.24, 2.45) is 0 Å². The van der Waals surface area contributed by atoms with Crippen LogP contribution in [0.5, 0.6) is 5.75 Å². The normalized spacial score (nSPS) is 21.4. The molecule has 2 aromatic carbocycles. The van der Waals surface area contributed by atoms with Crippen molar-refractivity contribution in [1.82, 2.24) is 14.7 Å². The van der Waals surface area contributed by atoms with Crippen molar-refractivity contribution >= 4 is 27.5 Å². The number of amides is 1. The van der Waals surface area contributed by atoms with E-state index in [4.69, 9.17) is 21.1 Å². The van der Waals surface area contributed by atoms with Crippen LogP contribution < -0.4 is 10.2 Å². The SMILES string of the molecule is CCN(C)C[C@H]1CN(S(=O)(=O)c2ccc(OCc3cccc(Cl)c3)cc2)[C@@H](C(=O)NO)C(C)O1. The number of ether oxygens (including phenoxy) is 2. The second-order valence-electron chi connectivity index (χ2n) is 8.20. The maximum atomic E-state index is 13.5. The minimum Gasteiger partial charge on any atom is -0.489 e. The Labute approximate surface area is 205 Å². The Morgan fingerprint density at radius 2 is 2.00 bits per heavy atom. The van der Waals surface area contributed by atoms with E-state index in [1.165, 1.54) is 12.1 Å². The first-order valence-electron chi connectivity index (χ1n) is 10.9. The molecule has 9 nitrogen and oxygen atoms in total. The van der Waals surface area contributed by atoms with E-state index in [9.17, 15) is 18.4 Å². The van der Waals surface area contributed by atoms with Gasteiger partial charge in [-0.2, -0.15) is 4.31 Å². The van der Waals surface area contributed by atoms with Crippen LogP contribution in [0.25, 0.3) is 0 Å². The van der Waals surface area contributed by atoms with Crippen LogP contribution in [0.4, 0.5) is 0 Å². The number of carbonyl (C=O) groups excluding carboxylic acids is 1. The highest BCUT2D eigenvalue weighted by Crippen LogP contribution is 2.28. The molecule has 0 radical (unpaired) electrons. The van der Waals surface area contributed by atoms with E-state index in [1.807, 2.05) is 31.0 Å². The summed E-state index contributed by atoms with van der Waals surface area (Å²) in [4.78, 5) is 14.4. The average Bonchev–Trinajstić information content (AvgIpc) is 2.82. The molecule has 11 heteroatoms. The van der Waals surface area contributed by atoms with E-state index < -0.39 is 34.2 Å². The van der Waals surface area contributed by atoms with Gasteiger partial charge in [0.1, 0.15) is 18.4 Å². The van der Waals surface area contributed by atoms with Gasteiger partial charge in [-0.1, -0.05) is 30.7 Å². The molecule has 0 saturated carbocycles. The first-order chi connectivity index (χ1) is 16.1. The maximum Gasteiger partial charge on any atom is 0.264 e. The highest BCUT2D eigenvalue weighted by Gasteiger charge is 2.45. The van der Waals surface area contributed by atoms with Gasteiger partial charge in [0.25, 0.3) is 5.91 Å². The zero-order valence-electron chi connectivity index (χ0n) is 19.3. The van der Waals surface area contributed by atoms with Gasteiger partial charge >= 0.3 is 0 Å². The third-order valence-electron chi connectivity index (χ3n) is 5.70. The fraction of sp³-hybridized carbons (Fsp3) is 0.435. The average molecular weight is 512 g/mol. The number of nitrogens with zero attached hydrogens (tertiary/aromatic N) is 2. The first-order valence-corrected chi connectivity index (χ1v) is 12.7. The summed E-state index contributed by atoms with van der Waals surface area (Å²) in [7, 11) is -2.17. The number of likely N-dealkylation sites (N-methyl/N-ethyl adjacent to an activating group) is 1. The lowest BCUT2D eigenvalue weighted by Crippen LogP contribution is -2.62. The lowest BCUT2D eigenvalue weighted by atomic mass is 10.1. The molecule has 0 spiro atoms. The van der Waals surface area contributed by atoms with Crippen molar-refractivity contribution in [2.75, 3.05) is 26.7 Å². The Bertz CT molecular complexity index is 1080. The smallest absolute Gasteiger partial charge is 0.264 e. The lowest BCUT2D eigenvalue weighted by molar-refractivity contribution is -0.149. The van der Waals surface area contributed by atoms with Gasteiger partial charge in [0.15, 0.2) is 0 Å². The number of hydrogen-bond donors (Lipinski definition) is 2. The van der Waals surface area contributed by atoms with E-state index in [-0.39, 0.29) is 18.0 Å². The second kappa shape index (κ2) is 11.5. The second-order valence-corrected chi connectivity index (χ2v) is 10.5. The molecule has 1 heterocycles. The Hall–Kier alpha value is -2.21. The number of hydrogen-bond acceptors (Lipinski definition) is 7. The minimum atomic E-state index is -4.07. The van der Waals surface area contributed by atoms with Gasteiger partial charge in [-0.15, -0.1) is 0 Å². The number of morpholine rings is 1. The number of hydroxylamine groups is 1. The molecule has 1 aliphatic rings. The molecular weight excluding hydrogens is 482 g/mol. The molecule has 1 amide bonds. The third-order valence-corrected chi connectivity index (χ3v) is 7.80. The summed E-state index contributed by atoms with van der Waals surface area (Å²) in [6.45, 7) is 5.11. The predicted octanol–water partition coefficient (Wildman–Crippen LogP) is 2.52. The standard InChI is InChI=1S/C23H30ClN3O6S/c1-4-26(3)13-20-14-27(22(16(2)33-20)23(28)25-29)34(30,31)21-10-8-19(9-11-21)32-15-17-6-5-7-18(24)12-17/h5-12,16,20,22,29H,4,13-15H2,1-3H3,(H,25,28)/t16?,20-,22+/m0/s1. The summed E-state index contributed by atoms with van der Waals surface area (Å²) < 4.78 is 39.8. The molecule has 0 aliphatic carbocycles. The monoisotopic (exact) mass is 511 g/mol. The highest BCUT2D eigenvalue weighted by molar-refractivity contribution is 7.89. The largest absolute Gasteiger partial charge is 0.489 e. The van der Waals surface area contributed by atoms with E-state index in [0.717, 1.165) is 16.4 Å². The number of benzene rings is 2. The molecule has 0 bridgehead atoms. The van der Waals surface area contributed by atoms with Crippen molar-refractivity contribution in [3.05, 3.63) is 59.1 Å². The Morgan fingerprint density at radius 3 is 2.62 bits per heavy atom. The van der Waals surface area contributed by atoms with Crippen molar-refractivity contribution in [3.63, 3.8) is 0 Å². The fourth-order valence-electron chi connectivity index (χ4n) is 3.84. The van der Waals surface area contributed by atoms with Gasteiger partial charge in [-0.3, -0.25) is 10.0 Å². The molecule has 0 aromatic heterocycles. The fourth-order valence-corrected chi connectivity index (χ4v) is 5.73. The van der Waals surface area contributed by atoms with E-state index in [2.05, 4.69) is 0 Å². The summed E-state index contributed by atoms with van der Waals surface area (Å²) in [5, 5.41) is 9.81. The van der Waals surface area contributed by atoms with Gasteiger partial charge in [0, 0.05) is 18.1 Å². The van der Waals surface area contributed by atoms with Crippen molar-refractivity contribution in [2.45, 2.75) is 43.6 Å². The van der Waals surface area contributed by atoms with Crippen molar-refractivity contribution in [3.8, 4) is 5.75 Å². The molecular formula is C23H30ClN3O6S. The van der Waals surface area contributed by atoms with Crippen LogP contribution in [-0.4, -0.2) is 73.7 Å². The molecule has 2 N–H and O–H groups in total. The van der Waals surface area contributed by atoms with Gasteiger partial charge < -0.3 is 14.4 Å². The van der Waals surface area contributed by atoms with Crippen LogP contribution in [0.1, 0.15) is 19.4 Å². The van der Waals surface area contributed by atoms with Crippen molar-refractivity contribution < 1.29 is 27.9 Å².